The summed E-state index contributed by atoms with van der Waals surface area (Å²) in [5.41, 5.74) is 5.07. The molecule has 0 saturated heterocycles. The Morgan fingerprint density at radius 3 is 2.41 bits per heavy atom. The standard InChI is InChI=1S/C25H26N2O5S2/c1-24(23(29)27-30,34(2,31)32)12-11-22-26-20-10-7-18(15-21(20)33-22)4-3-17-5-8-19(9-6-17)25(16-28)13-14-25/h5-10,15,28,30H,11-14,16H2,1-2H3,(H,27,29)/t24-/m1/s1. The monoisotopic (exact) mass is 498 g/mol. The molecule has 3 N–H and O–H groups in total. The Morgan fingerprint density at radius 1 is 1.18 bits per heavy atom. The van der Waals surface area contributed by atoms with E-state index in [9.17, 15) is 18.3 Å². The highest BCUT2D eigenvalue weighted by Crippen LogP contribution is 2.47. The average Bonchev–Trinajstić information content (AvgIpc) is 3.52. The van der Waals surface area contributed by atoms with Crippen molar-refractivity contribution in [3.05, 3.63) is 64.2 Å². The molecule has 1 fully saturated rings. The van der Waals surface area contributed by atoms with E-state index in [2.05, 4.69) is 16.8 Å². The van der Waals surface area contributed by atoms with Gasteiger partial charge in [0.05, 0.1) is 21.8 Å². The van der Waals surface area contributed by atoms with Crippen molar-refractivity contribution < 1.29 is 23.5 Å². The van der Waals surface area contributed by atoms with Crippen molar-refractivity contribution in [2.45, 2.75) is 42.8 Å². The van der Waals surface area contributed by atoms with E-state index >= 15 is 0 Å². The lowest BCUT2D eigenvalue weighted by Crippen LogP contribution is -2.49. The van der Waals surface area contributed by atoms with E-state index < -0.39 is 20.5 Å². The van der Waals surface area contributed by atoms with E-state index in [0.29, 0.717) is 5.01 Å². The van der Waals surface area contributed by atoms with Crippen molar-refractivity contribution in [3.8, 4) is 11.8 Å². The zero-order chi connectivity index (χ0) is 24.6. The zero-order valence-corrected chi connectivity index (χ0v) is 20.6. The summed E-state index contributed by atoms with van der Waals surface area (Å²) in [5.74, 6) is 5.38. The number of aliphatic hydroxyl groups is 1. The molecule has 0 radical (unpaired) electrons. The highest BCUT2D eigenvalue weighted by atomic mass is 32.2. The predicted octanol–water partition coefficient (Wildman–Crippen LogP) is 2.96. The number of aromatic nitrogens is 1. The topological polar surface area (TPSA) is 117 Å². The van der Waals surface area contributed by atoms with Crippen molar-refractivity contribution in [2.75, 3.05) is 12.9 Å². The Hall–Kier alpha value is -2.77. The van der Waals surface area contributed by atoms with Crippen LogP contribution in [-0.4, -0.2) is 47.2 Å². The van der Waals surface area contributed by atoms with Gasteiger partial charge in [-0.05, 0) is 62.1 Å². The maximum absolute atomic E-state index is 12.2. The number of hydroxylamine groups is 1. The van der Waals surface area contributed by atoms with E-state index in [1.54, 1.807) is 0 Å². The van der Waals surface area contributed by atoms with E-state index in [1.807, 2.05) is 42.5 Å². The van der Waals surface area contributed by atoms with Gasteiger partial charge in [0, 0.05) is 29.2 Å². The summed E-state index contributed by atoms with van der Waals surface area (Å²) < 4.78 is 23.5. The van der Waals surface area contributed by atoms with Crippen LogP contribution in [0.2, 0.25) is 0 Å². The van der Waals surface area contributed by atoms with Gasteiger partial charge in [-0.1, -0.05) is 24.0 Å². The van der Waals surface area contributed by atoms with Crippen LogP contribution in [0.15, 0.2) is 42.5 Å². The minimum atomic E-state index is -3.75. The lowest BCUT2D eigenvalue weighted by atomic mass is 9.96. The van der Waals surface area contributed by atoms with Crippen LogP contribution in [0.3, 0.4) is 0 Å². The molecule has 1 aliphatic rings. The number of hydrogen-bond acceptors (Lipinski definition) is 7. The highest BCUT2D eigenvalue weighted by molar-refractivity contribution is 7.92. The van der Waals surface area contributed by atoms with E-state index in [0.717, 1.165) is 46.0 Å². The van der Waals surface area contributed by atoms with Gasteiger partial charge in [-0.15, -0.1) is 11.3 Å². The van der Waals surface area contributed by atoms with Crippen LogP contribution < -0.4 is 5.48 Å². The van der Waals surface area contributed by atoms with Crippen molar-refractivity contribution in [1.29, 1.82) is 0 Å². The molecule has 4 rings (SSSR count). The van der Waals surface area contributed by atoms with Gasteiger partial charge in [0.25, 0.3) is 5.91 Å². The van der Waals surface area contributed by atoms with E-state index in [-0.39, 0.29) is 24.9 Å². The number of aryl methyl sites for hydroxylation is 1. The second kappa shape index (κ2) is 9.12. The molecule has 0 aliphatic heterocycles. The number of benzene rings is 2. The smallest absolute Gasteiger partial charge is 0.264 e. The Balaban J connectivity index is 1.49. The highest BCUT2D eigenvalue weighted by Gasteiger charge is 2.44. The van der Waals surface area contributed by atoms with Crippen LogP contribution in [-0.2, 0) is 26.5 Å². The Morgan fingerprint density at radius 2 is 1.82 bits per heavy atom. The molecule has 1 atom stereocenters. The summed E-state index contributed by atoms with van der Waals surface area (Å²) >= 11 is 1.43. The Labute approximate surface area is 202 Å². The van der Waals surface area contributed by atoms with Gasteiger partial charge >= 0.3 is 0 Å². The lowest BCUT2D eigenvalue weighted by Gasteiger charge is -2.24. The number of carbonyl (C=O) groups is 1. The van der Waals surface area contributed by atoms with Crippen molar-refractivity contribution in [3.63, 3.8) is 0 Å². The number of aliphatic hydroxyl groups excluding tert-OH is 1. The van der Waals surface area contributed by atoms with Crippen molar-refractivity contribution in [1.82, 2.24) is 10.5 Å². The molecule has 9 heteroatoms. The molecule has 0 spiro atoms. The fraction of sp³-hybridized carbons (Fsp3) is 0.360. The molecule has 1 saturated carbocycles. The predicted molar refractivity (Wildman–Crippen MR) is 132 cm³/mol. The Kier molecular flexibility index (Phi) is 6.53. The summed E-state index contributed by atoms with van der Waals surface area (Å²) in [5, 5.41) is 19.3. The molecule has 2 aromatic carbocycles. The number of sulfone groups is 1. The third-order valence-corrected chi connectivity index (χ3v) is 9.76. The minimum absolute atomic E-state index is 0.00171. The SMILES string of the molecule is C[C@@](CCc1nc2ccc(C#Cc3ccc(C4(CO)CC4)cc3)cc2s1)(C(=O)NO)S(C)(=O)=O. The van der Waals surface area contributed by atoms with Gasteiger partial charge in [-0.3, -0.25) is 10.0 Å². The molecule has 7 nitrogen and oxygen atoms in total. The first kappa shape index (κ1) is 24.4. The molecular formula is C25H26N2O5S2. The van der Waals surface area contributed by atoms with Gasteiger partial charge < -0.3 is 5.11 Å². The number of nitrogens with zero attached hydrogens (tertiary/aromatic N) is 1. The minimum Gasteiger partial charge on any atom is -0.395 e. The molecule has 3 aromatic rings. The summed E-state index contributed by atoms with van der Waals surface area (Å²) in [6, 6.07) is 13.7. The number of carbonyl (C=O) groups excluding carboxylic acids is 1. The summed E-state index contributed by atoms with van der Waals surface area (Å²) in [4.78, 5) is 16.6. The van der Waals surface area contributed by atoms with Gasteiger partial charge in [0.2, 0.25) is 0 Å². The average molecular weight is 499 g/mol. The fourth-order valence-corrected chi connectivity index (χ4v) is 5.69. The van der Waals surface area contributed by atoms with Crippen LogP contribution in [0, 0.1) is 11.8 Å². The number of fused-ring (bicyclic) bond motifs is 1. The van der Waals surface area contributed by atoms with Gasteiger partial charge in [-0.2, -0.15) is 0 Å². The third kappa shape index (κ3) is 4.72. The number of amides is 1. The molecule has 1 amide bonds. The molecular weight excluding hydrogens is 472 g/mol. The number of rotatable bonds is 7. The first-order valence-electron chi connectivity index (χ1n) is 10.9. The quantitative estimate of drug-likeness (QED) is 0.262. The molecule has 178 valence electrons. The van der Waals surface area contributed by atoms with Gasteiger partial charge in [-0.25, -0.2) is 18.9 Å². The summed E-state index contributed by atoms with van der Waals surface area (Å²) in [6.45, 7) is 1.48. The van der Waals surface area contributed by atoms with Crippen LogP contribution in [0.1, 0.15) is 47.9 Å². The molecule has 0 unspecified atom stereocenters. The van der Waals surface area contributed by atoms with E-state index in [4.69, 9.17) is 5.21 Å². The first-order valence-corrected chi connectivity index (χ1v) is 13.6. The molecule has 34 heavy (non-hydrogen) atoms. The maximum Gasteiger partial charge on any atom is 0.264 e. The second-order valence-electron chi connectivity index (χ2n) is 9.00. The molecule has 1 aliphatic carbocycles. The number of thiazole rings is 1. The normalized spacial score (nSPS) is 16.4. The van der Waals surface area contributed by atoms with Crippen LogP contribution >= 0.6 is 11.3 Å². The van der Waals surface area contributed by atoms with Crippen molar-refractivity contribution in [2.24, 2.45) is 0 Å². The Bertz CT molecular complexity index is 1400. The largest absolute Gasteiger partial charge is 0.395 e. The third-order valence-electron chi connectivity index (χ3n) is 6.65. The summed E-state index contributed by atoms with van der Waals surface area (Å²) in [7, 11) is -3.75. The van der Waals surface area contributed by atoms with Crippen LogP contribution in [0.25, 0.3) is 10.2 Å². The first-order chi connectivity index (χ1) is 16.1. The number of nitrogens with one attached hydrogen (secondary N) is 1. The zero-order valence-electron chi connectivity index (χ0n) is 19.0. The maximum atomic E-state index is 12.2. The van der Waals surface area contributed by atoms with Gasteiger partial charge in [0.15, 0.2) is 9.84 Å². The fourth-order valence-electron chi connectivity index (χ4n) is 3.83. The van der Waals surface area contributed by atoms with Crippen LogP contribution in [0.5, 0.6) is 0 Å². The van der Waals surface area contributed by atoms with Gasteiger partial charge in [0.1, 0.15) is 4.75 Å². The summed E-state index contributed by atoms with van der Waals surface area (Å²) in [6.07, 6.45) is 3.30. The molecule has 1 aromatic heterocycles. The second-order valence-corrected chi connectivity index (χ2v) is 12.6. The van der Waals surface area contributed by atoms with Crippen molar-refractivity contribution >= 4 is 37.3 Å². The molecule has 1 heterocycles. The lowest BCUT2D eigenvalue weighted by molar-refractivity contribution is -0.131. The van der Waals surface area contributed by atoms with E-state index in [1.165, 1.54) is 23.7 Å². The molecule has 0 bridgehead atoms. The van der Waals surface area contributed by atoms with Crippen LogP contribution in [0.4, 0.5) is 0 Å². The number of hydrogen-bond donors (Lipinski definition) is 3.